The summed E-state index contributed by atoms with van der Waals surface area (Å²) in [5, 5.41) is 0. The lowest BCUT2D eigenvalue weighted by atomic mass is 10.0. The molecule has 0 radical (unpaired) electrons. The number of hydrogen-bond donors (Lipinski definition) is 0. The summed E-state index contributed by atoms with van der Waals surface area (Å²) in [6, 6.07) is 19.1. The van der Waals surface area contributed by atoms with Crippen LogP contribution in [-0.2, 0) is 4.79 Å². The predicted molar refractivity (Wildman–Crippen MR) is 123 cm³/mol. The summed E-state index contributed by atoms with van der Waals surface area (Å²) in [4.78, 5) is 38.0. The largest absolute Gasteiger partial charge is 0.496 e. The molecule has 1 aliphatic heterocycles. The van der Waals surface area contributed by atoms with Crippen molar-refractivity contribution in [3.05, 3.63) is 72.6 Å². The molecule has 0 unspecified atom stereocenters. The molecule has 1 fully saturated rings. The highest BCUT2D eigenvalue weighted by Crippen LogP contribution is 2.22. The molecule has 2 heterocycles. The monoisotopic (exact) mass is 430 g/mol. The number of para-hydroxylation sites is 1. The van der Waals surface area contributed by atoms with Crippen LogP contribution in [0.2, 0.25) is 0 Å². The number of hydrogen-bond acceptors (Lipinski definition) is 6. The van der Waals surface area contributed by atoms with Crippen LogP contribution in [0, 0.1) is 0 Å². The van der Waals surface area contributed by atoms with E-state index in [0.717, 1.165) is 17.1 Å². The maximum Gasteiger partial charge on any atom is 0.223 e. The summed E-state index contributed by atoms with van der Waals surface area (Å²) in [6.07, 6.45) is 1.95. The molecule has 3 aromatic rings. The molecule has 0 bridgehead atoms. The summed E-state index contributed by atoms with van der Waals surface area (Å²) in [5.41, 5.74) is 2.44. The van der Waals surface area contributed by atoms with E-state index in [2.05, 4.69) is 14.9 Å². The fourth-order valence-corrected chi connectivity index (χ4v) is 3.86. The van der Waals surface area contributed by atoms with Crippen LogP contribution in [0.15, 0.2) is 67.0 Å². The molecule has 1 amide bonds. The van der Waals surface area contributed by atoms with Crippen molar-refractivity contribution in [3.8, 4) is 17.0 Å². The number of carbonyl (C=O) groups is 2. The zero-order chi connectivity index (χ0) is 22.3. The first kappa shape index (κ1) is 21.5. The quantitative estimate of drug-likeness (QED) is 0.535. The van der Waals surface area contributed by atoms with E-state index in [9.17, 15) is 9.59 Å². The van der Waals surface area contributed by atoms with Crippen molar-refractivity contribution >= 4 is 17.5 Å². The zero-order valence-electron chi connectivity index (χ0n) is 18.1. The van der Waals surface area contributed by atoms with Crippen molar-refractivity contribution in [2.75, 3.05) is 38.2 Å². The van der Waals surface area contributed by atoms with Crippen LogP contribution in [0.1, 0.15) is 23.2 Å². The zero-order valence-corrected chi connectivity index (χ0v) is 18.1. The van der Waals surface area contributed by atoms with Crippen LogP contribution in [-0.4, -0.2) is 59.8 Å². The molecule has 164 valence electrons. The van der Waals surface area contributed by atoms with Crippen molar-refractivity contribution in [3.63, 3.8) is 0 Å². The van der Waals surface area contributed by atoms with Gasteiger partial charge in [-0.25, -0.2) is 9.97 Å². The molecule has 4 rings (SSSR count). The molecule has 0 N–H and O–H groups in total. The molecule has 1 saturated heterocycles. The summed E-state index contributed by atoms with van der Waals surface area (Å²) < 4.78 is 5.25. The summed E-state index contributed by atoms with van der Waals surface area (Å²) in [5.74, 6) is 1.32. The molecule has 7 nitrogen and oxygen atoms in total. The minimum Gasteiger partial charge on any atom is -0.496 e. The molecule has 0 atom stereocenters. The molecule has 0 aliphatic carbocycles. The maximum atomic E-state index is 12.7. The van der Waals surface area contributed by atoms with E-state index in [-0.39, 0.29) is 24.5 Å². The number of amides is 1. The Labute approximate surface area is 187 Å². The average molecular weight is 431 g/mol. The fraction of sp³-hybridized carbons (Fsp3) is 0.280. The van der Waals surface area contributed by atoms with Crippen LogP contribution in [0.25, 0.3) is 11.3 Å². The van der Waals surface area contributed by atoms with E-state index in [1.54, 1.807) is 24.5 Å². The Morgan fingerprint density at radius 1 is 0.906 bits per heavy atom. The Hall–Kier alpha value is -3.74. The topological polar surface area (TPSA) is 75.6 Å². The lowest BCUT2D eigenvalue weighted by Crippen LogP contribution is -2.49. The summed E-state index contributed by atoms with van der Waals surface area (Å²) in [7, 11) is 1.54. The smallest absolute Gasteiger partial charge is 0.223 e. The molecule has 1 aliphatic rings. The molecule has 1 aromatic heterocycles. The van der Waals surface area contributed by atoms with Gasteiger partial charge >= 0.3 is 0 Å². The van der Waals surface area contributed by atoms with E-state index in [1.807, 2.05) is 47.4 Å². The van der Waals surface area contributed by atoms with Crippen LogP contribution >= 0.6 is 0 Å². The van der Waals surface area contributed by atoms with Crippen LogP contribution in [0.5, 0.6) is 5.75 Å². The number of aromatic nitrogens is 2. The highest BCUT2D eigenvalue weighted by molar-refractivity contribution is 6.00. The highest BCUT2D eigenvalue weighted by Gasteiger charge is 2.23. The number of ketones is 1. The highest BCUT2D eigenvalue weighted by atomic mass is 16.5. The van der Waals surface area contributed by atoms with Gasteiger partial charge in [0.25, 0.3) is 0 Å². The van der Waals surface area contributed by atoms with Gasteiger partial charge < -0.3 is 14.5 Å². The summed E-state index contributed by atoms with van der Waals surface area (Å²) >= 11 is 0. The molecular formula is C25H26N4O3. The minimum absolute atomic E-state index is 0.000519. The first-order valence-electron chi connectivity index (χ1n) is 10.7. The van der Waals surface area contributed by atoms with Gasteiger partial charge in [-0.3, -0.25) is 9.59 Å². The van der Waals surface area contributed by atoms with Gasteiger partial charge in [0.1, 0.15) is 17.9 Å². The van der Waals surface area contributed by atoms with Crippen LogP contribution in [0.4, 0.5) is 5.82 Å². The SMILES string of the molecule is COc1ccccc1C(=O)CCC(=O)N1CCN(c2cc(-c3ccccc3)ncn2)CC1. The maximum absolute atomic E-state index is 12.7. The third kappa shape index (κ3) is 4.94. The minimum atomic E-state index is -0.0798. The Kier molecular flexibility index (Phi) is 6.75. The fourth-order valence-electron chi connectivity index (χ4n) is 3.86. The molecule has 0 saturated carbocycles. The van der Waals surface area contributed by atoms with Crippen molar-refractivity contribution in [2.24, 2.45) is 0 Å². The molecule has 32 heavy (non-hydrogen) atoms. The Morgan fingerprint density at radius 2 is 1.62 bits per heavy atom. The second-order valence-corrected chi connectivity index (χ2v) is 7.62. The Bertz CT molecular complexity index is 1080. The van der Waals surface area contributed by atoms with Gasteiger partial charge in [0, 0.05) is 50.7 Å². The first-order valence-corrected chi connectivity index (χ1v) is 10.7. The standard InChI is InChI=1S/C25H26N4O3/c1-32-23-10-6-5-9-20(23)22(30)11-12-25(31)29-15-13-28(14-16-29)24-17-21(26-18-27-24)19-7-3-2-4-8-19/h2-10,17-18H,11-16H2,1H3. The van der Waals surface area contributed by atoms with Crippen molar-refractivity contribution < 1.29 is 14.3 Å². The Morgan fingerprint density at radius 3 is 2.38 bits per heavy atom. The molecular weight excluding hydrogens is 404 g/mol. The second-order valence-electron chi connectivity index (χ2n) is 7.62. The number of Topliss-reactive ketones (excluding diaryl/α,β-unsaturated/α-hetero) is 1. The van der Waals surface area contributed by atoms with Gasteiger partial charge in [0.2, 0.25) is 5.91 Å². The number of anilines is 1. The van der Waals surface area contributed by atoms with Gasteiger partial charge in [-0.15, -0.1) is 0 Å². The van der Waals surface area contributed by atoms with E-state index in [1.165, 1.54) is 7.11 Å². The number of benzene rings is 2. The van der Waals surface area contributed by atoms with Gasteiger partial charge in [0.15, 0.2) is 5.78 Å². The molecule has 2 aromatic carbocycles. The van der Waals surface area contributed by atoms with E-state index < -0.39 is 0 Å². The van der Waals surface area contributed by atoms with E-state index >= 15 is 0 Å². The number of rotatable bonds is 7. The van der Waals surface area contributed by atoms with Gasteiger partial charge in [0.05, 0.1) is 18.4 Å². The Balaban J connectivity index is 1.31. The van der Waals surface area contributed by atoms with Crippen molar-refractivity contribution in [1.82, 2.24) is 14.9 Å². The molecule has 7 heteroatoms. The normalized spacial score (nSPS) is 13.7. The van der Waals surface area contributed by atoms with Crippen LogP contribution in [0.3, 0.4) is 0 Å². The lowest BCUT2D eigenvalue weighted by Gasteiger charge is -2.35. The molecule has 0 spiro atoms. The van der Waals surface area contributed by atoms with E-state index in [0.29, 0.717) is 37.5 Å². The van der Waals surface area contributed by atoms with Crippen molar-refractivity contribution in [1.29, 1.82) is 0 Å². The lowest BCUT2D eigenvalue weighted by molar-refractivity contribution is -0.131. The van der Waals surface area contributed by atoms with Gasteiger partial charge in [-0.1, -0.05) is 42.5 Å². The number of ether oxygens (including phenoxy) is 1. The van der Waals surface area contributed by atoms with Crippen molar-refractivity contribution in [2.45, 2.75) is 12.8 Å². The third-order valence-corrected chi connectivity index (χ3v) is 5.65. The third-order valence-electron chi connectivity index (χ3n) is 5.65. The number of nitrogens with zero attached hydrogens (tertiary/aromatic N) is 4. The van der Waals surface area contributed by atoms with E-state index in [4.69, 9.17) is 4.74 Å². The second kappa shape index (κ2) is 10.0. The number of methoxy groups -OCH3 is 1. The summed E-state index contributed by atoms with van der Waals surface area (Å²) in [6.45, 7) is 2.59. The first-order chi connectivity index (χ1) is 15.7. The number of piperazine rings is 1. The van der Waals surface area contributed by atoms with Gasteiger partial charge in [-0.2, -0.15) is 0 Å². The van der Waals surface area contributed by atoms with Crippen LogP contribution < -0.4 is 9.64 Å². The van der Waals surface area contributed by atoms with Gasteiger partial charge in [-0.05, 0) is 12.1 Å². The predicted octanol–water partition coefficient (Wildman–Crippen LogP) is 3.46. The average Bonchev–Trinajstić information content (AvgIpc) is 2.87. The number of carbonyl (C=O) groups excluding carboxylic acids is 2.